The summed E-state index contributed by atoms with van der Waals surface area (Å²) in [5.74, 6) is -0.729. The summed E-state index contributed by atoms with van der Waals surface area (Å²) in [5, 5.41) is 10.6. The number of carbonyl (C=O) groups is 1. The second-order valence-electron chi connectivity index (χ2n) is 3.58. The molecule has 8 nitrogen and oxygen atoms in total. The van der Waals surface area contributed by atoms with Crippen LogP contribution < -0.4 is 10.5 Å². The second kappa shape index (κ2) is 6.53. The molecule has 0 unspecified atom stereocenters. The molecular weight excluding hydrogens is 254 g/mol. The zero-order valence-corrected chi connectivity index (χ0v) is 10.7. The van der Waals surface area contributed by atoms with Gasteiger partial charge in [0.05, 0.1) is 11.5 Å². The summed E-state index contributed by atoms with van der Waals surface area (Å²) in [6.45, 7) is 3.68. The van der Waals surface area contributed by atoms with Gasteiger partial charge >= 0.3 is 11.7 Å². The van der Waals surface area contributed by atoms with Crippen LogP contribution in [-0.2, 0) is 9.53 Å². The van der Waals surface area contributed by atoms with Crippen molar-refractivity contribution in [2.45, 2.75) is 26.4 Å². The third kappa shape index (κ3) is 3.80. The van der Waals surface area contributed by atoms with Crippen LogP contribution in [0.2, 0.25) is 0 Å². The van der Waals surface area contributed by atoms with Gasteiger partial charge in [-0.25, -0.2) is 4.79 Å². The number of rotatable bonds is 6. The summed E-state index contributed by atoms with van der Waals surface area (Å²) in [6.07, 6.45) is -0.425. The normalized spacial score (nSPS) is 11.7. The van der Waals surface area contributed by atoms with Crippen molar-refractivity contribution in [2.24, 2.45) is 0 Å². The molecule has 0 aliphatic carbocycles. The van der Waals surface area contributed by atoms with Gasteiger partial charge in [-0.2, -0.15) is 4.98 Å². The largest absolute Gasteiger partial charge is 0.463 e. The van der Waals surface area contributed by atoms with Crippen LogP contribution in [0.25, 0.3) is 0 Å². The molecule has 1 rings (SSSR count). The number of anilines is 1. The lowest BCUT2D eigenvalue weighted by Gasteiger charge is -2.15. The zero-order valence-electron chi connectivity index (χ0n) is 10.7. The van der Waals surface area contributed by atoms with Gasteiger partial charge in [-0.1, -0.05) is 6.92 Å². The predicted octanol–water partition coefficient (Wildman–Crippen LogP) is 1.29. The molecule has 0 aromatic carbocycles. The van der Waals surface area contributed by atoms with Gasteiger partial charge < -0.3 is 15.2 Å². The van der Waals surface area contributed by atoms with Crippen LogP contribution in [0, 0.1) is 10.1 Å². The molecule has 0 bridgehead atoms. The predicted molar refractivity (Wildman–Crippen MR) is 66.6 cm³/mol. The number of nitrogen functional groups attached to an aromatic ring is 1. The highest BCUT2D eigenvalue weighted by Crippen LogP contribution is 2.22. The van der Waals surface area contributed by atoms with Gasteiger partial charge in [-0.15, -0.1) is 0 Å². The third-order valence-corrected chi connectivity index (χ3v) is 2.26. The standard InChI is InChI=1S/C11H15N3O5/c1-3-8(11(15)18-4-2)19-9-6-5-7(14(16)17)10(12)13-9/h5-6,8H,3-4H2,1-2H3,(H2,12,13)/t8-/m0/s1. The summed E-state index contributed by atoms with van der Waals surface area (Å²) in [4.78, 5) is 25.2. The fourth-order valence-corrected chi connectivity index (χ4v) is 1.35. The molecule has 1 aromatic rings. The summed E-state index contributed by atoms with van der Waals surface area (Å²) in [7, 11) is 0. The molecular formula is C11H15N3O5. The van der Waals surface area contributed by atoms with Gasteiger partial charge in [0.25, 0.3) is 0 Å². The minimum absolute atomic E-state index is 0.0444. The van der Waals surface area contributed by atoms with Gasteiger partial charge in [-0.05, 0) is 13.3 Å². The van der Waals surface area contributed by atoms with E-state index < -0.39 is 17.0 Å². The van der Waals surface area contributed by atoms with E-state index in [0.717, 1.165) is 0 Å². The molecule has 19 heavy (non-hydrogen) atoms. The maximum atomic E-state index is 11.5. The van der Waals surface area contributed by atoms with Crippen molar-refractivity contribution in [1.82, 2.24) is 4.98 Å². The van der Waals surface area contributed by atoms with E-state index in [0.29, 0.717) is 6.42 Å². The molecule has 1 aromatic heterocycles. The monoisotopic (exact) mass is 269 g/mol. The van der Waals surface area contributed by atoms with Crippen LogP contribution in [0.1, 0.15) is 20.3 Å². The maximum absolute atomic E-state index is 11.5. The van der Waals surface area contributed by atoms with E-state index in [4.69, 9.17) is 15.2 Å². The molecule has 0 aliphatic rings. The van der Waals surface area contributed by atoms with Crippen LogP contribution in [0.3, 0.4) is 0 Å². The van der Waals surface area contributed by atoms with Crippen molar-refractivity contribution < 1.29 is 19.2 Å². The lowest BCUT2D eigenvalue weighted by molar-refractivity contribution is -0.384. The molecule has 0 fully saturated rings. The minimum Gasteiger partial charge on any atom is -0.463 e. The minimum atomic E-state index is -0.812. The SMILES string of the molecule is CCOC(=O)[C@H](CC)Oc1ccc([N+](=O)[O-])c(N)n1. The Balaban J connectivity index is 2.84. The van der Waals surface area contributed by atoms with E-state index in [2.05, 4.69) is 4.98 Å². The first kappa shape index (κ1) is 14.7. The number of esters is 1. The van der Waals surface area contributed by atoms with Crippen molar-refractivity contribution in [3.8, 4) is 5.88 Å². The Hall–Kier alpha value is -2.38. The van der Waals surface area contributed by atoms with Crippen LogP contribution in [0.4, 0.5) is 11.5 Å². The lowest BCUT2D eigenvalue weighted by Crippen LogP contribution is -2.29. The van der Waals surface area contributed by atoms with E-state index in [1.807, 2.05) is 0 Å². The Morgan fingerprint density at radius 1 is 1.53 bits per heavy atom. The number of nitro groups is 1. The zero-order chi connectivity index (χ0) is 14.4. The number of pyridine rings is 1. The highest BCUT2D eigenvalue weighted by atomic mass is 16.6. The fraction of sp³-hybridized carbons (Fsp3) is 0.455. The van der Waals surface area contributed by atoms with Gasteiger partial charge in [0.1, 0.15) is 0 Å². The summed E-state index contributed by atoms with van der Waals surface area (Å²) in [5.41, 5.74) is 5.12. The van der Waals surface area contributed by atoms with Crippen molar-refractivity contribution >= 4 is 17.5 Å². The first-order valence-electron chi connectivity index (χ1n) is 5.73. The molecule has 0 saturated heterocycles. The Labute approximate surface area is 109 Å². The van der Waals surface area contributed by atoms with E-state index >= 15 is 0 Å². The van der Waals surface area contributed by atoms with Gasteiger partial charge in [-0.3, -0.25) is 10.1 Å². The summed E-state index contributed by atoms with van der Waals surface area (Å²) >= 11 is 0. The number of carbonyl (C=O) groups excluding carboxylic acids is 1. The van der Waals surface area contributed by atoms with Gasteiger partial charge in [0, 0.05) is 12.1 Å². The number of hydrogen-bond acceptors (Lipinski definition) is 7. The quantitative estimate of drug-likeness (QED) is 0.469. The van der Waals surface area contributed by atoms with Gasteiger partial charge in [0.15, 0.2) is 6.10 Å². The van der Waals surface area contributed by atoms with E-state index in [9.17, 15) is 14.9 Å². The number of hydrogen-bond donors (Lipinski definition) is 1. The van der Waals surface area contributed by atoms with Crippen molar-refractivity contribution in [1.29, 1.82) is 0 Å². The fourth-order valence-electron chi connectivity index (χ4n) is 1.35. The number of aromatic nitrogens is 1. The average Bonchev–Trinajstić information content (AvgIpc) is 2.35. The summed E-state index contributed by atoms with van der Waals surface area (Å²) < 4.78 is 10.1. The van der Waals surface area contributed by atoms with Gasteiger partial charge in [0.2, 0.25) is 11.7 Å². The smallest absolute Gasteiger partial charge is 0.347 e. The molecule has 0 radical (unpaired) electrons. The molecule has 8 heteroatoms. The Bertz CT molecular complexity index is 477. The number of nitrogens with two attached hydrogens (primary N) is 1. The van der Waals surface area contributed by atoms with Crippen molar-refractivity contribution in [2.75, 3.05) is 12.3 Å². The second-order valence-corrected chi connectivity index (χ2v) is 3.58. The number of nitrogens with zero attached hydrogens (tertiary/aromatic N) is 2. The molecule has 0 spiro atoms. The topological polar surface area (TPSA) is 118 Å². The molecule has 0 saturated carbocycles. The van der Waals surface area contributed by atoms with E-state index in [1.165, 1.54) is 12.1 Å². The van der Waals surface area contributed by atoms with E-state index in [-0.39, 0.29) is 24.0 Å². The van der Waals surface area contributed by atoms with E-state index in [1.54, 1.807) is 13.8 Å². The third-order valence-electron chi connectivity index (χ3n) is 2.26. The first-order chi connectivity index (χ1) is 8.99. The highest BCUT2D eigenvalue weighted by molar-refractivity contribution is 5.75. The Morgan fingerprint density at radius 3 is 2.68 bits per heavy atom. The molecule has 0 aliphatic heterocycles. The molecule has 1 heterocycles. The van der Waals surface area contributed by atoms with Crippen molar-refractivity contribution in [3.63, 3.8) is 0 Å². The maximum Gasteiger partial charge on any atom is 0.347 e. The summed E-state index contributed by atoms with van der Waals surface area (Å²) in [6, 6.07) is 2.46. The number of ether oxygens (including phenoxy) is 2. The first-order valence-corrected chi connectivity index (χ1v) is 5.73. The average molecular weight is 269 g/mol. The molecule has 1 atom stereocenters. The van der Waals surface area contributed by atoms with Crippen LogP contribution in [-0.4, -0.2) is 28.6 Å². The van der Waals surface area contributed by atoms with Crippen LogP contribution in [0.15, 0.2) is 12.1 Å². The lowest BCUT2D eigenvalue weighted by atomic mass is 10.3. The molecule has 104 valence electrons. The highest BCUT2D eigenvalue weighted by Gasteiger charge is 2.21. The Kier molecular flexibility index (Phi) is 5.04. The Morgan fingerprint density at radius 2 is 2.21 bits per heavy atom. The molecule has 0 amide bonds. The van der Waals surface area contributed by atoms with Crippen LogP contribution in [0.5, 0.6) is 5.88 Å². The van der Waals surface area contributed by atoms with Crippen LogP contribution >= 0.6 is 0 Å². The van der Waals surface area contributed by atoms with Crippen molar-refractivity contribution in [3.05, 3.63) is 22.2 Å². The molecule has 2 N–H and O–H groups in total.